The summed E-state index contributed by atoms with van der Waals surface area (Å²) in [5.41, 5.74) is 0. The van der Waals surface area contributed by atoms with E-state index >= 15 is 0 Å². The Labute approximate surface area is 128 Å². The predicted octanol–water partition coefficient (Wildman–Crippen LogP) is 2.58. The summed E-state index contributed by atoms with van der Waals surface area (Å²) >= 11 is 0. The van der Waals surface area contributed by atoms with Gasteiger partial charge in [-0.15, -0.1) is 10.2 Å². The van der Waals surface area contributed by atoms with Crippen molar-refractivity contribution >= 4 is 0 Å². The average Bonchev–Trinajstić information content (AvgIpc) is 2.83. The largest absolute Gasteiger partial charge is 0.314 e. The molecule has 0 spiro atoms. The lowest BCUT2D eigenvalue weighted by Crippen LogP contribution is -2.37. The maximum Gasteiger partial charge on any atom is 0.175 e. The van der Waals surface area contributed by atoms with Crippen LogP contribution in [0.3, 0.4) is 0 Å². The van der Waals surface area contributed by atoms with Crippen LogP contribution in [0.1, 0.15) is 58.7 Å². The molecule has 0 bridgehead atoms. The van der Waals surface area contributed by atoms with Gasteiger partial charge >= 0.3 is 0 Å². The SMILES string of the molecule is CCCC1CCC(CNC(C)C)C(Cc2nnn(C)n2)C1. The predicted molar refractivity (Wildman–Crippen MR) is 84.9 cm³/mol. The molecule has 2 rings (SSSR count). The Balaban J connectivity index is 1.97. The van der Waals surface area contributed by atoms with Crippen LogP contribution in [-0.4, -0.2) is 32.8 Å². The van der Waals surface area contributed by atoms with Crippen LogP contribution >= 0.6 is 0 Å². The van der Waals surface area contributed by atoms with Gasteiger partial charge in [0.05, 0.1) is 7.05 Å². The maximum absolute atomic E-state index is 4.38. The Morgan fingerprint density at radius 3 is 2.71 bits per heavy atom. The fourth-order valence-electron chi connectivity index (χ4n) is 3.64. The lowest BCUT2D eigenvalue weighted by atomic mass is 9.71. The normalized spacial score (nSPS) is 26.4. The molecule has 1 aliphatic carbocycles. The molecule has 5 nitrogen and oxygen atoms in total. The second-order valence-electron chi connectivity index (χ2n) is 6.95. The van der Waals surface area contributed by atoms with E-state index in [2.05, 4.69) is 41.5 Å². The molecular weight excluding hydrogens is 262 g/mol. The van der Waals surface area contributed by atoms with Crippen molar-refractivity contribution in [1.29, 1.82) is 0 Å². The summed E-state index contributed by atoms with van der Waals surface area (Å²) in [6.45, 7) is 7.87. The Kier molecular flexibility index (Phi) is 6.15. The van der Waals surface area contributed by atoms with E-state index in [0.717, 1.165) is 30.6 Å². The number of aromatic nitrogens is 4. The van der Waals surface area contributed by atoms with E-state index in [9.17, 15) is 0 Å². The molecule has 120 valence electrons. The number of nitrogens with one attached hydrogen (secondary N) is 1. The minimum absolute atomic E-state index is 0.564. The number of nitrogens with zero attached hydrogens (tertiary/aromatic N) is 4. The van der Waals surface area contributed by atoms with Crippen molar-refractivity contribution in [2.75, 3.05) is 6.54 Å². The van der Waals surface area contributed by atoms with Gasteiger partial charge < -0.3 is 5.32 Å². The average molecular weight is 293 g/mol. The number of tetrazole rings is 1. The fourth-order valence-corrected chi connectivity index (χ4v) is 3.64. The van der Waals surface area contributed by atoms with Gasteiger partial charge in [-0.1, -0.05) is 40.0 Å². The van der Waals surface area contributed by atoms with Gasteiger partial charge in [-0.25, -0.2) is 0 Å². The van der Waals surface area contributed by atoms with E-state index in [0.29, 0.717) is 12.0 Å². The zero-order chi connectivity index (χ0) is 15.2. The van der Waals surface area contributed by atoms with Crippen molar-refractivity contribution in [2.24, 2.45) is 24.8 Å². The molecule has 0 radical (unpaired) electrons. The second-order valence-corrected chi connectivity index (χ2v) is 6.95. The summed E-state index contributed by atoms with van der Waals surface area (Å²) < 4.78 is 0. The zero-order valence-corrected chi connectivity index (χ0v) is 14.0. The van der Waals surface area contributed by atoms with Crippen LogP contribution in [-0.2, 0) is 13.5 Å². The third-order valence-corrected chi connectivity index (χ3v) is 4.73. The van der Waals surface area contributed by atoms with E-state index in [1.54, 1.807) is 4.80 Å². The highest BCUT2D eigenvalue weighted by atomic mass is 15.6. The lowest BCUT2D eigenvalue weighted by Gasteiger charge is -2.36. The molecule has 1 aliphatic rings. The molecule has 0 aromatic carbocycles. The Bertz CT molecular complexity index is 415. The van der Waals surface area contributed by atoms with Gasteiger partial charge in [-0.3, -0.25) is 0 Å². The van der Waals surface area contributed by atoms with Crippen LogP contribution in [0, 0.1) is 17.8 Å². The number of rotatable bonds is 7. The molecule has 1 saturated carbocycles. The van der Waals surface area contributed by atoms with Crippen molar-refractivity contribution < 1.29 is 0 Å². The van der Waals surface area contributed by atoms with Crippen molar-refractivity contribution in [3.05, 3.63) is 5.82 Å². The van der Waals surface area contributed by atoms with Gasteiger partial charge in [-0.05, 0) is 42.4 Å². The number of hydrogen-bond acceptors (Lipinski definition) is 4. The van der Waals surface area contributed by atoms with Crippen LogP contribution in [0.25, 0.3) is 0 Å². The minimum atomic E-state index is 0.564. The zero-order valence-electron chi connectivity index (χ0n) is 14.0. The quantitative estimate of drug-likeness (QED) is 0.839. The molecule has 0 aliphatic heterocycles. The van der Waals surface area contributed by atoms with Crippen LogP contribution in [0.15, 0.2) is 0 Å². The van der Waals surface area contributed by atoms with E-state index in [1.807, 2.05) is 7.05 Å². The van der Waals surface area contributed by atoms with Crippen LogP contribution in [0.5, 0.6) is 0 Å². The highest BCUT2D eigenvalue weighted by Crippen LogP contribution is 2.37. The minimum Gasteiger partial charge on any atom is -0.314 e. The van der Waals surface area contributed by atoms with Crippen LogP contribution < -0.4 is 5.32 Å². The molecular formula is C16H31N5. The fraction of sp³-hybridized carbons (Fsp3) is 0.938. The summed E-state index contributed by atoms with van der Waals surface area (Å²) in [5.74, 6) is 3.26. The molecule has 1 heterocycles. The van der Waals surface area contributed by atoms with Gasteiger partial charge in [-0.2, -0.15) is 4.80 Å². The summed E-state index contributed by atoms with van der Waals surface area (Å²) in [6, 6.07) is 0.564. The first-order chi connectivity index (χ1) is 10.1. The smallest absolute Gasteiger partial charge is 0.175 e. The van der Waals surface area contributed by atoms with E-state index in [-0.39, 0.29) is 0 Å². The van der Waals surface area contributed by atoms with E-state index < -0.39 is 0 Å². The Morgan fingerprint density at radius 1 is 1.29 bits per heavy atom. The lowest BCUT2D eigenvalue weighted by molar-refractivity contribution is 0.163. The summed E-state index contributed by atoms with van der Waals surface area (Å²) in [6.07, 6.45) is 7.72. The summed E-state index contributed by atoms with van der Waals surface area (Å²) in [4.78, 5) is 1.57. The molecule has 0 amide bonds. The van der Waals surface area contributed by atoms with Gasteiger partial charge in [0.2, 0.25) is 0 Å². The van der Waals surface area contributed by atoms with Crippen molar-refractivity contribution in [1.82, 2.24) is 25.5 Å². The molecule has 5 heteroatoms. The van der Waals surface area contributed by atoms with Crippen LogP contribution in [0.2, 0.25) is 0 Å². The molecule has 21 heavy (non-hydrogen) atoms. The monoisotopic (exact) mass is 293 g/mol. The van der Waals surface area contributed by atoms with E-state index in [4.69, 9.17) is 0 Å². The standard InChI is InChI=1S/C16H31N5/c1-5-6-13-7-8-14(11-17-12(2)3)15(9-13)10-16-18-20-21(4)19-16/h12-15,17H,5-11H2,1-4H3. The van der Waals surface area contributed by atoms with Gasteiger partial charge in [0.25, 0.3) is 0 Å². The molecule has 1 fully saturated rings. The third-order valence-electron chi connectivity index (χ3n) is 4.73. The number of hydrogen-bond donors (Lipinski definition) is 1. The summed E-state index contributed by atoms with van der Waals surface area (Å²) in [5, 5.41) is 16.2. The van der Waals surface area contributed by atoms with Gasteiger partial charge in [0.15, 0.2) is 5.82 Å². The third kappa shape index (κ3) is 5.06. The number of aryl methyl sites for hydroxylation is 1. The Hall–Kier alpha value is -0.970. The van der Waals surface area contributed by atoms with Crippen LogP contribution in [0.4, 0.5) is 0 Å². The van der Waals surface area contributed by atoms with Crippen molar-refractivity contribution in [3.8, 4) is 0 Å². The first-order valence-corrected chi connectivity index (χ1v) is 8.54. The summed E-state index contributed by atoms with van der Waals surface area (Å²) in [7, 11) is 1.84. The van der Waals surface area contributed by atoms with Crippen molar-refractivity contribution in [2.45, 2.75) is 65.3 Å². The molecule has 3 unspecified atom stereocenters. The maximum atomic E-state index is 4.38. The highest BCUT2D eigenvalue weighted by Gasteiger charge is 2.31. The molecule has 1 aromatic heterocycles. The highest BCUT2D eigenvalue weighted by molar-refractivity contribution is 4.89. The molecule has 1 aromatic rings. The van der Waals surface area contributed by atoms with E-state index in [1.165, 1.54) is 32.1 Å². The van der Waals surface area contributed by atoms with Crippen molar-refractivity contribution in [3.63, 3.8) is 0 Å². The van der Waals surface area contributed by atoms with Gasteiger partial charge in [0, 0.05) is 12.5 Å². The Morgan fingerprint density at radius 2 is 2.10 bits per heavy atom. The molecule has 0 saturated heterocycles. The first kappa shape index (κ1) is 16.4. The van der Waals surface area contributed by atoms with Gasteiger partial charge in [0.1, 0.15) is 0 Å². The topological polar surface area (TPSA) is 55.6 Å². The second kappa shape index (κ2) is 7.87. The first-order valence-electron chi connectivity index (χ1n) is 8.54. The molecule has 1 N–H and O–H groups in total. The molecule has 3 atom stereocenters.